The summed E-state index contributed by atoms with van der Waals surface area (Å²) >= 11 is 1.74. The van der Waals surface area contributed by atoms with E-state index >= 15 is 0 Å². The van der Waals surface area contributed by atoms with E-state index in [0.29, 0.717) is 13.2 Å². The average Bonchev–Trinajstić information content (AvgIpc) is 2.89. The SMILES string of the molecule is O=C(O)Cc1ccc(COCCc2cccs2)cc1. The van der Waals surface area contributed by atoms with Crippen LogP contribution in [0.5, 0.6) is 0 Å². The molecule has 1 heterocycles. The van der Waals surface area contributed by atoms with Crippen LogP contribution in [0.15, 0.2) is 41.8 Å². The number of hydrogen-bond acceptors (Lipinski definition) is 3. The molecule has 0 spiro atoms. The molecule has 0 saturated heterocycles. The Balaban J connectivity index is 1.72. The normalized spacial score (nSPS) is 10.5. The summed E-state index contributed by atoms with van der Waals surface area (Å²) in [5.41, 5.74) is 1.88. The largest absolute Gasteiger partial charge is 0.481 e. The van der Waals surface area contributed by atoms with Crippen molar-refractivity contribution in [1.82, 2.24) is 0 Å². The van der Waals surface area contributed by atoms with Crippen LogP contribution in [0.3, 0.4) is 0 Å². The first-order valence-electron chi connectivity index (χ1n) is 6.14. The zero-order valence-corrected chi connectivity index (χ0v) is 11.4. The van der Waals surface area contributed by atoms with Crippen molar-refractivity contribution >= 4 is 17.3 Å². The molecule has 100 valence electrons. The lowest BCUT2D eigenvalue weighted by Gasteiger charge is -2.04. The topological polar surface area (TPSA) is 46.5 Å². The van der Waals surface area contributed by atoms with E-state index in [1.165, 1.54) is 4.88 Å². The monoisotopic (exact) mass is 276 g/mol. The highest BCUT2D eigenvalue weighted by molar-refractivity contribution is 7.09. The Kier molecular flexibility index (Phi) is 5.12. The molecule has 0 amide bonds. The third kappa shape index (κ3) is 4.85. The second-order valence-electron chi connectivity index (χ2n) is 4.27. The molecular weight excluding hydrogens is 260 g/mol. The van der Waals surface area contributed by atoms with Crippen LogP contribution < -0.4 is 0 Å². The summed E-state index contributed by atoms with van der Waals surface area (Å²) in [5.74, 6) is -0.806. The lowest BCUT2D eigenvalue weighted by molar-refractivity contribution is -0.136. The molecule has 2 aromatic rings. The quantitative estimate of drug-likeness (QED) is 0.790. The third-order valence-corrected chi connectivity index (χ3v) is 3.66. The Morgan fingerprint density at radius 2 is 1.89 bits per heavy atom. The summed E-state index contributed by atoms with van der Waals surface area (Å²) in [6.45, 7) is 1.27. The Labute approximate surface area is 116 Å². The Hall–Kier alpha value is -1.65. The fourth-order valence-electron chi connectivity index (χ4n) is 1.75. The van der Waals surface area contributed by atoms with Crippen LogP contribution in [-0.4, -0.2) is 17.7 Å². The molecule has 1 aromatic heterocycles. The van der Waals surface area contributed by atoms with Gasteiger partial charge in [-0.1, -0.05) is 30.3 Å². The fraction of sp³-hybridized carbons (Fsp3) is 0.267. The van der Waals surface area contributed by atoms with Crippen molar-refractivity contribution in [3.8, 4) is 0 Å². The number of benzene rings is 1. The molecule has 0 aliphatic heterocycles. The summed E-state index contributed by atoms with van der Waals surface area (Å²) < 4.78 is 5.60. The van der Waals surface area contributed by atoms with Gasteiger partial charge < -0.3 is 9.84 Å². The molecule has 0 aliphatic rings. The van der Waals surface area contributed by atoms with Gasteiger partial charge in [0.2, 0.25) is 0 Å². The van der Waals surface area contributed by atoms with Crippen LogP contribution in [0.2, 0.25) is 0 Å². The van der Waals surface area contributed by atoms with Crippen molar-refractivity contribution in [2.75, 3.05) is 6.61 Å². The van der Waals surface area contributed by atoms with Gasteiger partial charge >= 0.3 is 5.97 Å². The average molecular weight is 276 g/mol. The van der Waals surface area contributed by atoms with Gasteiger partial charge in [-0.25, -0.2) is 0 Å². The number of ether oxygens (including phenoxy) is 1. The minimum Gasteiger partial charge on any atom is -0.481 e. The molecule has 4 heteroatoms. The van der Waals surface area contributed by atoms with Crippen molar-refractivity contribution < 1.29 is 14.6 Å². The maximum absolute atomic E-state index is 10.6. The van der Waals surface area contributed by atoms with E-state index in [1.807, 2.05) is 30.3 Å². The van der Waals surface area contributed by atoms with Crippen LogP contribution in [0.1, 0.15) is 16.0 Å². The van der Waals surface area contributed by atoms with E-state index in [2.05, 4.69) is 11.4 Å². The van der Waals surface area contributed by atoms with Crippen LogP contribution in [-0.2, 0) is 29.0 Å². The Bertz CT molecular complexity index is 503. The maximum Gasteiger partial charge on any atom is 0.307 e. The predicted molar refractivity (Wildman–Crippen MR) is 75.5 cm³/mol. The fourth-order valence-corrected chi connectivity index (χ4v) is 2.44. The van der Waals surface area contributed by atoms with Crippen LogP contribution in [0, 0.1) is 0 Å². The van der Waals surface area contributed by atoms with Crippen LogP contribution in [0.4, 0.5) is 0 Å². The summed E-state index contributed by atoms with van der Waals surface area (Å²) in [6.07, 6.45) is 1.01. The predicted octanol–water partition coefficient (Wildman–Crippen LogP) is 3.13. The molecule has 0 aliphatic carbocycles. The van der Waals surface area contributed by atoms with Crippen molar-refractivity contribution in [2.24, 2.45) is 0 Å². The van der Waals surface area contributed by atoms with E-state index in [1.54, 1.807) is 11.3 Å². The number of aliphatic carboxylic acids is 1. The lowest BCUT2D eigenvalue weighted by Crippen LogP contribution is -2.01. The van der Waals surface area contributed by atoms with E-state index < -0.39 is 5.97 Å². The molecule has 0 atom stereocenters. The van der Waals surface area contributed by atoms with Crippen molar-refractivity contribution in [2.45, 2.75) is 19.4 Å². The number of rotatable bonds is 7. The number of thiophene rings is 1. The molecule has 3 nitrogen and oxygen atoms in total. The van der Waals surface area contributed by atoms with E-state index in [9.17, 15) is 4.79 Å². The van der Waals surface area contributed by atoms with Gasteiger partial charge in [0.05, 0.1) is 19.6 Å². The highest BCUT2D eigenvalue weighted by Gasteiger charge is 2.00. The van der Waals surface area contributed by atoms with Crippen molar-refractivity contribution in [3.05, 3.63) is 57.8 Å². The molecule has 1 N–H and O–H groups in total. The van der Waals surface area contributed by atoms with Gasteiger partial charge in [0.1, 0.15) is 0 Å². The van der Waals surface area contributed by atoms with Gasteiger partial charge in [0, 0.05) is 11.3 Å². The van der Waals surface area contributed by atoms with Gasteiger partial charge in [0.25, 0.3) is 0 Å². The zero-order valence-electron chi connectivity index (χ0n) is 10.5. The summed E-state index contributed by atoms with van der Waals surface area (Å²) in [6, 6.07) is 11.7. The minimum atomic E-state index is -0.806. The number of hydrogen-bond donors (Lipinski definition) is 1. The highest BCUT2D eigenvalue weighted by atomic mass is 32.1. The van der Waals surface area contributed by atoms with Gasteiger partial charge in [0.15, 0.2) is 0 Å². The van der Waals surface area contributed by atoms with Gasteiger partial charge in [-0.2, -0.15) is 0 Å². The molecule has 0 fully saturated rings. The third-order valence-electron chi connectivity index (χ3n) is 2.72. The molecule has 0 bridgehead atoms. The van der Waals surface area contributed by atoms with Crippen molar-refractivity contribution in [1.29, 1.82) is 0 Å². The van der Waals surface area contributed by atoms with Crippen LogP contribution in [0.25, 0.3) is 0 Å². The second-order valence-corrected chi connectivity index (χ2v) is 5.30. The van der Waals surface area contributed by atoms with Gasteiger partial charge in [-0.3, -0.25) is 4.79 Å². The summed E-state index contributed by atoms with van der Waals surface area (Å²) in [4.78, 5) is 11.9. The lowest BCUT2D eigenvalue weighted by atomic mass is 10.1. The van der Waals surface area contributed by atoms with Gasteiger partial charge in [-0.05, 0) is 22.6 Å². The Morgan fingerprint density at radius 3 is 2.53 bits per heavy atom. The van der Waals surface area contributed by atoms with Crippen LogP contribution >= 0.6 is 11.3 Å². The first-order chi connectivity index (χ1) is 9.24. The first kappa shape index (κ1) is 13.8. The van der Waals surface area contributed by atoms with E-state index in [4.69, 9.17) is 9.84 Å². The summed E-state index contributed by atoms with van der Waals surface area (Å²) in [5, 5.41) is 10.7. The number of carboxylic acid groups (broad SMARTS) is 1. The molecule has 0 unspecified atom stereocenters. The molecule has 0 radical (unpaired) electrons. The minimum absolute atomic E-state index is 0.0690. The number of carboxylic acids is 1. The van der Waals surface area contributed by atoms with E-state index in [0.717, 1.165) is 17.5 Å². The van der Waals surface area contributed by atoms with Crippen molar-refractivity contribution in [3.63, 3.8) is 0 Å². The van der Waals surface area contributed by atoms with E-state index in [-0.39, 0.29) is 6.42 Å². The molecule has 0 saturated carbocycles. The second kappa shape index (κ2) is 7.07. The zero-order chi connectivity index (χ0) is 13.5. The standard InChI is InChI=1S/C15H16O3S/c16-15(17)10-12-3-5-13(6-4-12)11-18-8-7-14-2-1-9-19-14/h1-6,9H,7-8,10-11H2,(H,16,17). The molecule has 2 rings (SSSR count). The highest BCUT2D eigenvalue weighted by Crippen LogP contribution is 2.10. The van der Waals surface area contributed by atoms with Gasteiger partial charge in [-0.15, -0.1) is 11.3 Å². The smallest absolute Gasteiger partial charge is 0.307 e. The molecule has 19 heavy (non-hydrogen) atoms. The Morgan fingerprint density at radius 1 is 1.16 bits per heavy atom. The first-order valence-corrected chi connectivity index (χ1v) is 7.02. The number of carbonyl (C=O) groups is 1. The molecule has 1 aromatic carbocycles. The maximum atomic E-state index is 10.6. The summed E-state index contributed by atoms with van der Waals surface area (Å²) in [7, 11) is 0. The molecular formula is C15H16O3S.